The highest BCUT2D eigenvalue weighted by atomic mass is 16.1. The molecule has 0 bridgehead atoms. The standard InChI is InChI=1S/C21H22N2O/c1-13-7-8-15(11-14(13)2)21(24)22-16-9-10-18-17-5-3-4-6-19(17)23-20(18)12-16/h3-8,11,16,23H,9-10,12H2,1-2H3,(H,22,24). The smallest absolute Gasteiger partial charge is 0.251 e. The normalized spacial score (nSPS) is 16.8. The lowest BCUT2D eigenvalue weighted by Crippen LogP contribution is -2.38. The van der Waals surface area contributed by atoms with Crippen molar-refractivity contribution in [3.8, 4) is 0 Å². The molecule has 0 saturated carbocycles. The fourth-order valence-corrected chi connectivity index (χ4v) is 3.66. The molecule has 1 amide bonds. The Hall–Kier alpha value is -2.55. The first-order chi connectivity index (χ1) is 11.6. The van der Waals surface area contributed by atoms with Crippen LogP contribution in [0.1, 0.15) is 39.2 Å². The highest BCUT2D eigenvalue weighted by Crippen LogP contribution is 2.29. The topological polar surface area (TPSA) is 44.9 Å². The summed E-state index contributed by atoms with van der Waals surface area (Å²) in [5.74, 6) is 0.0302. The van der Waals surface area contributed by atoms with Gasteiger partial charge >= 0.3 is 0 Å². The largest absolute Gasteiger partial charge is 0.358 e. The van der Waals surface area contributed by atoms with E-state index < -0.39 is 0 Å². The molecule has 1 heterocycles. The van der Waals surface area contributed by atoms with Gasteiger partial charge in [-0.25, -0.2) is 0 Å². The number of amides is 1. The average molecular weight is 318 g/mol. The van der Waals surface area contributed by atoms with Crippen molar-refractivity contribution in [2.75, 3.05) is 0 Å². The van der Waals surface area contributed by atoms with Crippen LogP contribution in [0.25, 0.3) is 10.9 Å². The first kappa shape index (κ1) is 15.0. The van der Waals surface area contributed by atoms with Crippen molar-refractivity contribution >= 4 is 16.8 Å². The summed E-state index contributed by atoms with van der Waals surface area (Å²) in [5, 5.41) is 4.53. The summed E-state index contributed by atoms with van der Waals surface area (Å²) in [4.78, 5) is 16.1. The zero-order valence-electron chi connectivity index (χ0n) is 14.1. The van der Waals surface area contributed by atoms with E-state index in [4.69, 9.17) is 0 Å². The molecule has 2 N–H and O–H groups in total. The van der Waals surface area contributed by atoms with E-state index in [9.17, 15) is 4.79 Å². The predicted molar refractivity (Wildman–Crippen MR) is 97.5 cm³/mol. The SMILES string of the molecule is Cc1ccc(C(=O)NC2CCc3c([nH]c4ccccc34)C2)cc1C. The van der Waals surface area contributed by atoms with Gasteiger partial charge in [-0.3, -0.25) is 4.79 Å². The van der Waals surface area contributed by atoms with Gasteiger partial charge in [-0.05, 0) is 61.6 Å². The lowest BCUT2D eigenvalue weighted by Gasteiger charge is -2.23. The summed E-state index contributed by atoms with van der Waals surface area (Å²) in [5.41, 5.74) is 7.01. The highest BCUT2D eigenvalue weighted by Gasteiger charge is 2.23. The predicted octanol–water partition coefficient (Wildman–Crippen LogP) is 4.07. The molecule has 1 aliphatic carbocycles. The maximum Gasteiger partial charge on any atom is 0.251 e. The molecule has 0 spiro atoms. The van der Waals surface area contributed by atoms with E-state index in [1.807, 2.05) is 25.1 Å². The van der Waals surface area contributed by atoms with Crippen molar-refractivity contribution in [3.63, 3.8) is 0 Å². The number of aryl methyl sites for hydroxylation is 3. The van der Waals surface area contributed by atoms with Gasteiger partial charge in [0.05, 0.1) is 0 Å². The summed E-state index contributed by atoms with van der Waals surface area (Å²) in [6.07, 6.45) is 2.88. The second-order valence-electron chi connectivity index (χ2n) is 6.84. The summed E-state index contributed by atoms with van der Waals surface area (Å²) in [7, 11) is 0. The Balaban J connectivity index is 1.52. The van der Waals surface area contributed by atoms with E-state index in [2.05, 4.69) is 41.5 Å². The molecule has 1 atom stereocenters. The summed E-state index contributed by atoms with van der Waals surface area (Å²) in [6.45, 7) is 4.11. The zero-order valence-corrected chi connectivity index (χ0v) is 14.1. The minimum Gasteiger partial charge on any atom is -0.358 e. The van der Waals surface area contributed by atoms with Crippen LogP contribution >= 0.6 is 0 Å². The van der Waals surface area contributed by atoms with Crippen LogP contribution in [0.15, 0.2) is 42.5 Å². The molecular weight excluding hydrogens is 296 g/mol. The van der Waals surface area contributed by atoms with Crippen molar-refractivity contribution in [1.82, 2.24) is 10.3 Å². The Kier molecular flexibility index (Phi) is 3.64. The quantitative estimate of drug-likeness (QED) is 0.735. The van der Waals surface area contributed by atoms with E-state index in [-0.39, 0.29) is 11.9 Å². The van der Waals surface area contributed by atoms with Crippen molar-refractivity contribution in [2.45, 2.75) is 39.2 Å². The van der Waals surface area contributed by atoms with E-state index in [0.29, 0.717) is 0 Å². The molecule has 2 aromatic carbocycles. The highest BCUT2D eigenvalue weighted by molar-refractivity contribution is 5.94. The Bertz CT molecular complexity index is 923. The lowest BCUT2D eigenvalue weighted by atomic mass is 9.91. The first-order valence-electron chi connectivity index (χ1n) is 8.58. The number of hydrogen-bond donors (Lipinski definition) is 2. The van der Waals surface area contributed by atoms with Gasteiger partial charge in [0, 0.05) is 34.6 Å². The van der Waals surface area contributed by atoms with E-state index in [1.165, 1.54) is 27.7 Å². The number of rotatable bonds is 2. The second kappa shape index (κ2) is 5.82. The third kappa shape index (κ3) is 2.60. The van der Waals surface area contributed by atoms with Crippen LogP contribution in [-0.2, 0) is 12.8 Å². The van der Waals surface area contributed by atoms with Gasteiger partial charge < -0.3 is 10.3 Å². The van der Waals surface area contributed by atoms with E-state index >= 15 is 0 Å². The monoisotopic (exact) mass is 318 g/mol. The number of fused-ring (bicyclic) bond motifs is 3. The maximum absolute atomic E-state index is 12.5. The number of H-pyrrole nitrogens is 1. The molecule has 24 heavy (non-hydrogen) atoms. The molecule has 0 radical (unpaired) electrons. The first-order valence-corrected chi connectivity index (χ1v) is 8.58. The third-order valence-corrected chi connectivity index (χ3v) is 5.20. The minimum absolute atomic E-state index is 0.0302. The number of nitrogens with one attached hydrogen (secondary N) is 2. The van der Waals surface area contributed by atoms with Crippen molar-refractivity contribution in [3.05, 3.63) is 70.4 Å². The van der Waals surface area contributed by atoms with Crippen LogP contribution in [0.3, 0.4) is 0 Å². The number of aromatic nitrogens is 1. The summed E-state index contributed by atoms with van der Waals surface area (Å²) >= 11 is 0. The molecule has 0 saturated heterocycles. The number of carbonyl (C=O) groups is 1. The van der Waals surface area contributed by atoms with Crippen molar-refractivity contribution in [2.24, 2.45) is 0 Å². The summed E-state index contributed by atoms with van der Waals surface area (Å²) in [6, 6.07) is 14.5. The molecule has 4 rings (SSSR count). The Morgan fingerprint density at radius 3 is 2.79 bits per heavy atom. The Labute approximate surface area is 142 Å². The number of aromatic amines is 1. The summed E-state index contributed by atoms with van der Waals surface area (Å²) < 4.78 is 0. The Morgan fingerprint density at radius 2 is 1.96 bits per heavy atom. The van der Waals surface area contributed by atoms with Crippen LogP contribution in [-0.4, -0.2) is 16.9 Å². The van der Waals surface area contributed by atoms with Gasteiger partial charge in [-0.1, -0.05) is 24.3 Å². The van der Waals surface area contributed by atoms with Crippen molar-refractivity contribution < 1.29 is 4.79 Å². The van der Waals surface area contributed by atoms with Gasteiger partial charge in [0.1, 0.15) is 0 Å². The molecule has 0 fully saturated rings. The lowest BCUT2D eigenvalue weighted by molar-refractivity contribution is 0.0933. The molecule has 3 aromatic rings. The number of benzene rings is 2. The van der Waals surface area contributed by atoms with Crippen LogP contribution in [0.5, 0.6) is 0 Å². The molecular formula is C21H22N2O. The van der Waals surface area contributed by atoms with Gasteiger partial charge in [-0.2, -0.15) is 0 Å². The van der Waals surface area contributed by atoms with Gasteiger partial charge in [0.25, 0.3) is 5.91 Å². The van der Waals surface area contributed by atoms with Crippen LogP contribution in [0.2, 0.25) is 0 Å². The molecule has 1 aliphatic rings. The fraction of sp³-hybridized carbons (Fsp3) is 0.286. The number of carbonyl (C=O) groups excluding carboxylic acids is 1. The van der Waals surface area contributed by atoms with Gasteiger partial charge in [0.2, 0.25) is 0 Å². The molecule has 3 nitrogen and oxygen atoms in total. The van der Waals surface area contributed by atoms with Crippen LogP contribution in [0.4, 0.5) is 0 Å². The molecule has 122 valence electrons. The van der Waals surface area contributed by atoms with Gasteiger partial charge in [0.15, 0.2) is 0 Å². The maximum atomic E-state index is 12.5. The van der Waals surface area contributed by atoms with Crippen LogP contribution in [0, 0.1) is 13.8 Å². The average Bonchev–Trinajstić information content (AvgIpc) is 2.95. The minimum atomic E-state index is 0.0302. The zero-order chi connectivity index (χ0) is 16.7. The molecule has 0 aliphatic heterocycles. The number of para-hydroxylation sites is 1. The third-order valence-electron chi connectivity index (χ3n) is 5.20. The molecule has 1 aromatic heterocycles. The van der Waals surface area contributed by atoms with E-state index in [0.717, 1.165) is 30.4 Å². The Morgan fingerprint density at radius 1 is 1.12 bits per heavy atom. The van der Waals surface area contributed by atoms with Gasteiger partial charge in [-0.15, -0.1) is 0 Å². The molecule has 3 heteroatoms. The fourth-order valence-electron chi connectivity index (χ4n) is 3.66. The second-order valence-corrected chi connectivity index (χ2v) is 6.84. The van der Waals surface area contributed by atoms with Crippen molar-refractivity contribution in [1.29, 1.82) is 0 Å². The van der Waals surface area contributed by atoms with E-state index in [1.54, 1.807) is 0 Å². The van der Waals surface area contributed by atoms with Crippen LogP contribution < -0.4 is 5.32 Å². The number of hydrogen-bond acceptors (Lipinski definition) is 1. The molecule has 1 unspecified atom stereocenters.